The van der Waals surface area contributed by atoms with E-state index < -0.39 is 0 Å². The molecule has 1 unspecified atom stereocenters. The summed E-state index contributed by atoms with van der Waals surface area (Å²) in [5.74, 6) is 1.03. The van der Waals surface area contributed by atoms with Gasteiger partial charge in [0.05, 0.1) is 0 Å². The zero-order valence-electron chi connectivity index (χ0n) is 11.8. The van der Waals surface area contributed by atoms with Gasteiger partial charge in [-0.3, -0.25) is 4.79 Å². The van der Waals surface area contributed by atoms with Crippen LogP contribution in [0.25, 0.3) is 0 Å². The Morgan fingerprint density at radius 3 is 2.78 bits per heavy atom. The molecule has 4 heteroatoms. The predicted molar refractivity (Wildman–Crippen MR) is 73.5 cm³/mol. The predicted octanol–water partition coefficient (Wildman–Crippen LogP) is 0.929. The van der Waals surface area contributed by atoms with Gasteiger partial charge >= 0.3 is 0 Å². The molecule has 1 saturated heterocycles. The normalized spacial score (nSPS) is 25.1. The minimum atomic E-state index is 0.244. The molecular formula is C14H27N3O. The van der Waals surface area contributed by atoms with Gasteiger partial charge in [-0.15, -0.1) is 0 Å². The molecule has 0 aromatic heterocycles. The monoisotopic (exact) mass is 253 g/mol. The smallest absolute Gasteiger partial charge is 0.223 e. The molecule has 1 saturated carbocycles. The summed E-state index contributed by atoms with van der Waals surface area (Å²) in [6.45, 7) is 4.43. The molecule has 1 N–H and O–H groups in total. The maximum Gasteiger partial charge on any atom is 0.223 e. The third-order valence-corrected chi connectivity index (χ3v) is 4.02. The lowest BCUT2D eigenvalue weighted by molar-refractivity contribution is -0.129. The average Bonchev–Trinajstić information content (AvgIpc) is 3.18. The van der Waals surface area contributed by atoms with Crippen LogP contribution in [0.5, 0.6) is 0 Å². The first-order valence-electron chi connectivity index (χ1n) is 7.31. The molecule has 2 fully saturated rings. The summed E-state index contributed by atoms with van der Waals surface area (Å²) in [6, 6.07) is 0.815. The van der Waals surface area contributed by atoms with Crippen molar-refractivity contribution in [1.82, 2.24) is 15.1 Å². The van der Waals surface area contributed by atoms with Crippen LogP contribution in [0.2, 0.25) is 0 Å². The summed E-state index contributed by atoms with van der Waals surface area (Å²) >= 11 is 0. The van der Waals surface area contributed by atoms with E-state index in [1.165, 1.54) is 45.3 Å². The molecule has 2 aliphatic rings. The van der Waals surface area contributed by atoms with Crippen LogP contribution in [0.3, 0.4) is 0 Å². The highest BCUT2D eigenvalue weighted by atomic mass is 16.2. The molecule has 1 aliphatic carbocycles. The number of hydrogen-bond donors (Lipinski definition) is 1. The molecule has 2 rings (SSSR count). The molecule has 0 bridgehead atoms. The fourth-order valence-electron chi connectivity index (χ4n) is 2.62. The van der Waals surface area contributed by atoms with Crippen LogP contribution >= 0.6 is 0 Å². The lowest BCUT2D eigenvalue weighted by Gasteiger charge is -2.33. The largest absolute Gasteiger partial charge is 0.349 e. The lowest BCUT2D eigenvalue weighted by atomic mass is 9.98. The van der Waals surface area contributed by atoms with Crippen molar-refractivity contribution in [2.45, 2.75) is 38.1 Å². The summed E-state index contributed by atoms with van der Waals surface area (Å²) in [6.07, 6.45) is 6.03. The van der Waals surface area contributed by atoms with E-state index in [2.05, 4.69) is 10.2 Å². The summed E-state index contributed by atoms with van der Waals surface area (Å²) in [7, 11) is 3.67. The summed E-state index contributed by atoms with van der Waals surface area (Å²) < 4.78 is 0. The highest BCUT2D eigenvalue weighted by molar-refractivity contribution is 5.75. The molecule has 4 nitrogen and oxygen atoms in total. The number of amides is 1. The third-order valence-electron chi connectivity index (χ3n) is 4.02. The molecule has 1 atom stereocenters. The molecule has 1 amide bonds. The Kier molecular flexibility index (Phi) is 5.01. The van der Waals surface area contributed by atoms with Gasteiger partial charge < -0.3 is 15.1 Å². The van der Waals surface area contributed by atoms with Crippen LogP contribution in [0, 0.1) is 5.92 Å². The van der Waals surface area contributed by atoms with Gasteiger partial charge in [0.15, 0.2) is 0 Å². The van der Waals surface area contributed by atoms with Gasteiger partial charge in [0, 0.05) is 39.6 Å². The SMILES string of the molecule is CN(C)C(=O)CCN1CCCC(CNC2CC2)C1. The second kappa shape index (κ2) is 6.53. The topological polar surface area (TPSA) is 35.6 Å². The maximum absolute atomic E-state index is 11.6. The van der Waals surface area contributed by atoms with Crippen molar-refractivity contribution < 1.29 is 4.79 Å². The van der Waals surface area contributed by atoms with E-state index in [1.807, 2.05) is 14.1 Å². The lowest BCUT2D eigenvalue weighted by Crippen LogP contribution is -2.41. The number of nitrogens with one attached hydrogen (secondary N) is 1. The van der Waals surface area contributed by atoms with Crippen LogP contribution in [0.1, 0.15) is 32.1 Å². The van der Waals surface area contributed by atoms with Gasteiger partial charge in [0.25, 0.3) is 0 Å². The Hall–Kier alpha value is -0.610. The van der Waals surface area contributed by atoms with Crippen LogP contribution in [-0.2, 0) is 4.79 Å². The van der Waals surface area contributed by atoms with Crippen LogP contribution in [0.4, 0.5) is 0 Å². The fraction of sp³-hybridized carbons (Fsp3) is 0.929. The number of likely N-dealkylation sites (tertiary alicyclic amines) is 1. The number of hydrogen-bond acceptors (Lipinski definition) is 3. The van der Waals surface area contributed by atoms with E-state index in [0.717, 1.165) is 18.5 Å². The van der Waals surface area contributed by atoms with Gasteiger partial charge in [-0.1, -0.05) is 0 Å². The Labute approximate surface area is 111 Å². The van der Waals surface area contributed by atoms with E-state index >= 15 is 0 Å². The Morgan fingerprint density at radius 1 is 1.33 bits per heavy atom. The maximum atomic E-state index is 11.6. The van der Waals surface area contributed by atoms with E-state index in [1.54, 1.807) is 4.90 Å². The second-order valence-electron chi connectivity index (χ2n) is 6.03. The van der Waals surface area contributed by atoms with Crippen LogP contribution < -0.4 is 5.32 Å². The molecular weight excluding hydrogens is 226 g/mol. The fourth-order valence-corrected chi connectivity index (χ4v) is 2.62. The standard InChI is InChI=1S/C14H27N3O/c1-16(2)14(18)7-9-17-8-3-4-12(11-17)10-15-13-5-6-13/h12-13,15H,3-11H2,1-2H3. The molecule has 0 aromatic rings. The van der Waals surface area contributed by atoms with Gasteiger partial charge in [-0.2, -0.15) is 0 Å². The average molecular weight is 253 g/mol. The van der Waals surface area contributed by atoms with Crippen molar-refractivity contribution >= 4 is 5.91 Å². The van der Waals surface area contributed by atoms with E-state index in [9.17, 15) is 4.79 Å². The highest BCUT2D eigenvalue weighted by Gasteiger charge is 2.24. The van der Waals surface area contributed by atoms with Crippen molar-refractivity contribution in [3.05, 3.63) is 0 Å². The molecule has 104 valence electrons. The van der Waals surface area contributed by atoms with Crippen molar-refractivity contribution in [3.63, 3.8) is 0 Å². The third kappa shape index (κ3) is 4.58. The number of nitrogens with zero attached hydrogens (tertiary/aromatic N) is 2. The van der Waals surface area contributed by atoms with Crippen LogP contribution in [-0.4, -0.2) is 62.0 Å². The van der Waals surface area contributed by atoms with Crippen molar-refractivity contribution in [1.29, 1.82) is 0 Å². The highest BCUT2D eigenvalue weighted by Crippen LogP contribution is 2.21. The summed E-state index contributed by atoms with van der Waals surface area (Å²) in [4.78, 5) is 15.7. The Balaban J connectivity index is 1.64. The van der Waals surface area contributed by atoms with Gasteiger partial charge in [-0.05, 0) is 44.7 Å². The van der Waals surface area contributed by atoms with Crippen molar-refractivity contribution in [3.8, 4) is 0 Å². The summed E-state index contributed by atoms with van der Waals surface area (Å²) in [5, 5.41) is 3.63. The molecule has 1 aliphatic heterocycles. The quantitative estimate of drug-likeness (QED) is 0.765. The van der Waals surface area contributed by atoms with E-state index in [4.69, 9.17) is 0 Å². The Morgan fingerprint density at radius 2 is 2.11 bits per heavy atom. The zero-order chi connectivity index (χ0) is 13.0. The molecule has 0 spiro atoms. The molecule has 0 aromatic carbocycles. The molecule has 0 radical (unpaired) electrons. The first-order chi connectivity index (χ1) is 8.65. The van der Waals surface area contributed by atoms with Crippen LogP contribution in [0.15, 0.2) is 0 Å². The number of piperidine rings is 1. The van der Waals surface area contributed by atoms with E-state index in [-0.39, 0.29) is 5.91 Å². The minimum Gasteiger partial charge on any atom is -0.349 e. The second-order valence-corrected chi connectivity index (χ2v) is 6.03. The van der Waals surface area contributed by atoms with E-state index in [0.29, 0.717) is 6.42 Å². The first kappa shape index (κ1) is 13.8. The van der Waals surface area contributed by atoms with Gasteiger partial charge in [0.2, 0.25) is 5.91 Å². The first-order valence-corrected chi connectivity index (χ1v) is 7.31. The van der Waals surface area contributed by atoms with Crippen molar-refractivity contribution in [2.24, 2.45) is 5.92 Å². The molecule has 1 heterocycles. The van der Waals surface area contributed by atoms with Gasteiger partial charge in [-0.25, -0.2) is 0 Å². The van der Waals surface area contributed by atoms with Crippen molar-refractivity contribution in [2.75, 3.05) is 40.3 Å². The van der Waals surface area contributed by atoms with Gasteiger partial charge in [0.1, 0.15) is 0 Å². The number of carbonyl (C=O) groups excluding carboxylic acids is 1. The number of carbonyl (C=O) groups is 1. The zero-order valence-corrected chi connectivity index (χ0v) is 11.8. The number of rotatable bonds is 6. The Bertz CT molecular complexity index is 276. The summed E-state index contributed by atoms with van der Waals surface area (Å²) in [5.41, 5.74) is 0. The molecule has 18 heavy (non-hydrogen) atoms. The minimum absolute atomic E-state index is 0.244.